The van der Waals surface area contributed by atoms with Crippen LogP contribution in [0.5, 0.6) is 0 Å². The number of aliphatic carboxylic acids is 1. The molecule has 0 fully saturated rings. The minimum absolute atomic E-state index is 0. The first kappa shape index (κ1) is 35.9. The summed E-state index contributed by atoms with van der Waals surface area (Å²) in [7, 11) is 0. The van der Waals surface area contributed by atoms with Crippen LogP contribution < -0.4 is 45.9 Å². The van der Waals surface area contributed by atoms with Crippen molar-refractivity contribution in [1.82, 2.24) is 9.13 Å². The Labute approximate surface area is 278 Å². The number of halogens is 5. The predicted octanol–water partition coefficient (Wildman–Crippen LogP) is 2.74. The van der Waals surface area contributed by atoms with Gasteiger partial charge >= 0.3 is 41.4 Å². The molecule has 4 rings (SSSR count). The first-order valence-corrected chi connectivity index (χ1v) is 14.0. The Hall–Kier alpha value is -3.54. The number of carbonyl (C=O) groups excluding carboxylic acids is 1. The van der Waals surface area contributed by atoms with Gasteiger partial charge in [-0.05, 0) is 56.4 Å². The van der Waals surface area contributed by atoms with Gasteiger partial charge in [-0.3, -0.25) is 13.9 Å². The van der Waals surface area contributed by atoms with Gasteiger partial charge in [-0.25, -0.2) is 13.6 Å². The van der Waals surface area contributed by atoms with Crippen molar-refractivity contribution in [2.45, 2.75) is 64.7 Å². The van der Waals surface area contributed by atoms with Crippen LogP contribution in [0.1, 0.15) is 59.5 Å². The molecule has 12 heteroatoms. The Kier molecular flexibility index (Phi) is 12.1. The molecule has 1 heterocycles. The van der Waals surface area contributed by atoms with Gasteiger partial charge in [0.25, 0.3) is 5.56 Å². The van der Waals surface area contributed by atoms with E-state index in [9.17, 15) is 37.1 Å². The molecule has 0 amide bonds. The fourth-order valence-corrected chi connectivity index (χ4v) is 5.41. The van der Waals surface area contributed by atoms with E-state index in [4.69, 9.17) is 0 Å². The third-order valence-corrected chi connectivity index (χ3v) is 7.75. The van der Waals surface area contributed by atoms with Gasteiger partial charge in [0.2, 0.25) is 0 Å². The number of aromatic nitrogens is 2. The number of hydrogen-bond donors (Lipinski definition) is 0. The number of nitrogens with zero attached hydrogens (tertiary/aromatic N) is 2. The summed E-state index contributed by atoms with van der Waals surface area (Å²) in [5, 5.41) is 10.9. The van der Waals surface area contributed by atoms with Crippen LogP contribution >= 0.6 is 0 Å². The van der Waals surface area contributed by atoms with Gasteiger partial charge < -0.3 is 9.90 Å². The van der Waals surface area contributed by atoms with E-state index in [1.165, 1.54) is 32.0 Å². The van der Waals surface area contributed by atoms with Crippen molar-refractivity contribution in [1.29, 1.82) is 0 Å². The maximum atomic E-state index is 15.4. The molecule has 0 radical (unpaired) electrons. The van der Waals surface area contributed by atoms with Gasteiger partial charge in [0.15, 0.2) is 0 Å². The SMILES string of the molecule is Cc1cccc(-c2c(C)n(Cc3c(F)cccc3C(F)(F)F)c(=O)n(CC(CCCCC(=O)[O-])c3ccccc3)c2=O)c1F.[Na+]. The number of aryl methyl sites for hydroxylation is 1. The van der Waals surface area contributed by atoms with Crippen LogP contribution in [0.4, 0.5) is 22.0 Å². The molecule has 0 N–H and O–H groups in total. The zero-order chi connectivity index (χ0) is 32.2. The first-order chi connectivity index (χ1) is 20.8. The molecule has 3 aromatic carbocycles. The maximum Gasteiger partial charge on any atom is 1.00 e. The number of rotatable bonds is 11. The number of benzene rings is 3. The Morgan fingerprint density at radius 3 is 2.20 bits per heavy atom. The second-order valence-electron chi connectivity index (χ2n) is 10.7. The predicted molar refractivity (Wildman–Crippen MR) is 153 cm³/mol. The summed E-state index contributed by atoms with van der Waals surface area (Å²) >= 11 is 0. The standard InChI is InChI=1S/C33H31F5N2O4.Na/c1-20-10-8-14-24(30(20)35)29-21(2)39(19-25-26(33(36,37)38)15-9-16-27(25)34)32(44)40(31(29)43)18-23(13-6-7-17-28(41)42)22-11-4-3-5-12-22;/h3-5,8-12,14-16,23H,6-7,13,17-19H2,1-2H3,(H,41,42);/q;+1/p-1. The molecule has 0 spiro atoms. The van der Waals surface area contributed by atoms with Crippen molar-refractivity contribution in [3.63, 3.8) is 0 Å². The molecule has 6 nitrogen and oxygen atoms in total. The Bertz CT molecular complexity index is 1790. The van der Waals surface area contributed by atoms with Crippen LogP contribution in [-0.4, -0.2) is 15.1 Å². The second-order valence-corrected chi connectivity index (χ2v) is 10.7. The van der Waals surface area contributed by atoms with Crippen LogP contribution in [0.3, 0.4) is 0 Å². The molecule has 1 aromatic heterocycles. The molecule has 1 atom stereocenters. The summed E-state index contributed by atoms with van der Waals surface area (Å²) in [6, 6.07) is 15.6. The van der Waals surface area contributed by atoms with Gasteiger partial charge in [0, 0.05) is 35.3 Å². The topological polar surface area (TPSA) is 84.1 Å². The number of carbonyl (C=O) groups is 1. The number of unbranched alkanes of at least 4 members (excludes halogenated alkanes) is 1. The van der Waals surface area contributed by atoms with Crippen LogP contribution in [0.25, 0.3) is 11.1 Å². The van der Waals surface area contributed by atoms with Crippen molar-refractivity contribution in [3.05, 3.63) is 127 Å². The minimum atomic E-state index is -4.93. The summed E-state index contributed by atoms with van der Waals surface area (Å²) < 4.78 is 73.7. The smallest absolute Gasteiger partial charge is 0.550 e. The quantitative estimate of drug-likeness (QED) is 0.144. The summed E-state index contributed by atoms with van der Waals surface area (Å²) in [6.07, 6.45) is -4.06. The minimum Gasteiger partial charge on any atom is -0.550 e. The van der Waals surface area contributed by atoms with E-state index in [0.29, 0.717) is 18.9 Å². The Morgan fingerprint density at radius 2 is 1.56 bits per heavy atom. The summed E-state index contributed by atoms with van der Waals surface area (Å²) in [4.78, 5) is 38.9. The summed E-state index contributed by atoms with van der Waals surface area (Å²) in [5.41, 5.74) is -3.49. The molecule has 0 aliphatic heterocycles. The van der Waals surface area contributed by atoms with Crippen molar-refractivity contribution < 1.29 is 61.4 Å². The van der Waals surface area contributed by atoms with E-state index < -0.39 is 58.6 Å². The normalized spacial score (nSPS) is 12.1. The molecule has 0 saturated heterocycles. The first-order valence-electron chi connectivity index (χ1n) is 14.0. The molecule has 0 aliphatic rings. The average molecular weight is 637 g/mol. The molecular weight excluding hydrogens is 606 g/mol. The van der Waals surface area contributed by atoms with Gasteiger partial charge in [0.1, 0.15) is 11.6 Å². The zero-order valence-electron chi connectivity index (χ0n) is 25.1. The van der Waals surface area contributed by atoms with Crippen molar-refractivity contribution in [3.8, 4) is 11.1 Å². The van der Waals surface area contributed by atoms with Crippen LogP contribution in [-0.2, 0) is 24.1 Å². The van der Waals surface area contributed by atoms with Crippen molar-refractivity contribution in [2.24, 2.45) is 0 Å². The number of alkyl halides is 3. The Balaban J connectivity index is 0.00000552. The fraction of sp³-hybridized carbons (Fsp3) is 0.303. The van der Waals surface area contributed by atoms with E-state index >= 15 is 4.39 Å². The van der Waals surface area contributed by atoms with Crippen LogP contribution in [0.15, 0.2) is 76.3 Å². The average Bonchev–Trinajstić information content (AvgIpc) is 2.97. The number of carboxylic acids is 1. The van der Waals surface area contributed by atoms with Gasteiger partial charge in [-0.2, -0.15) is 13.2 Å². The monoisotopic (exact) mass is 636 g/mol. The maximum absolute atomic E-state index is 15.4. The van der Waals surface area contributed by atoms with Crippen LogP contribution in [0.2, 0.25) is 0 Å². The van der Waals surface area contributed by atoms with E-state index in [1.807, 2.05) is 0 Å². The Morgan fingerprint density at radius 1 is 0.889 bits per heavy atom. The molecule has 45 heavy (non-hydrogen) atoms. The number of hydrogen-bond acceptors (Lipinski definition) is 4. The van der Waals surface area contributed by atoms with E-state index in [-0.39, 0.29) is 71.3 Å². The van der Waals surface area contributed by atoms with E-state index in [1.54, 1.807) is 30.3 Å². The summed E-state index contributed by atoms with van der Waals surface area (Å²) in [6.45, 7) is 1.69. The van der Waals surface area contributed by atoms with Gasteiger partial charge in [-0.15, -0.1) is 0 Å². The van der Waals surface area contributed by atoms with Gasteiger partial charge in [-0.1, -0.05) is 61.0 Å². The van der Waals surface area contributed by atoms with E-state index in [2.05, 4.69) is 0 Å². The molecule has 0 bridgehead atoms. The molecule has 0 aliphatic carbocycles. The summed E-state index contributed by atoms with van der Waals surface area (Å²) in [5.74, 6) is -3.64. The third kappa shape index (κ3) is 8.19. The van der Waals surface area contributed by atoms with E-state index in [0.717, 1.165) is 26.8 Å². The van der Waals surface area contributed by atoms with Gasteiger partial charge in [0.05, 0.1) is 17.7 Å². The molecule has 1 unspecified atom stereocenters. The third-order valence-electron chi connectivity index (χ3n) is 7.75. The molecule has 232 valence electrons. The zero-order valence-corrected chi connectivity index (χ0v) is 27.1. The largest absolute Gasteiger partial charge is 1.00 e. The molecular formula is C33H30F5N2NaO4. The van der Waals surface area contributed by atoms with Crippen molar-refractivity contribution >= 4 is 5.97 Å². The molecule has 4 aromatic rings. The van der Waals surface area contributed by atoms with Crippen LogP contribution in [0, 0.1) is 25.5 Å². The second kappa shape index (κ2) is 15.2. The van der Waals surface area contributed by atoms with Crippen molar-refractivity contribution in [2.75, 3.05) is 0 Å². The fourth-order valence-electron chi connectivity index (χ4n) is 5.41. The molecule has 0 saturated carbocycles. The number of carboxylic acid groups (broad SMARTS) is 1.